The van der Waals surface area contributed by atoms with Gasteiger partial charge in [-0.25, -0.2) is 4.39 Å². The predicted molar refractivity (Wildman–Crippen MR) is 81.6 cm³/mol. The Bertz CT molecular complexity index is 603. The fourth-order valence-corrected chi connectivity index (χ4v) is 2.32. The number of halogens is 1. The number of nitrogens with one attached hydrogen (secondary N) is 1. The fourth-order valence-electron chi connectivity index (χ4n) is 2.32. The minimum absolute atomic E-state index is 0.216. The summed E-state index contributed by atoms with van der Waals surface area (Å²) in [5.74, 6) is 0.724. The first-order chi connectivity index (χ1) is 9.49. The van der Waals surface area contributed by atoms with Gasteiger partial charge in [0.25, 0.3) is 0 Å². The molecule has 4 nitrogen and oxygen atoms in total. The van der Waals surface area contributed by atoms with Gasteiger partial charge in [-0.05, 0) is 30.2 Å². The quantitative estimate of drug-likeness (QED) is 0.689. The summed E-state index contributed by atoms with van der Waals surface area (Å²) in [4.78, 5) is 11.7. The van der Waals surface area contributed by atoms with Crippen molar-refractivity contribution in [2.24, 2.45) is 4.99 Å². The molecule has 0 unspecified atom stereocenters. The van der Waals surface area contributed by atoms with Crippen LogP contribution in [0.1, 0.15) is 5.56 Å². The molecule has 1 aromatic carbocycles. The maximum Gasteiger partial charge on any atom is 0.195 e. The molecule has 0 aliphatic heterocycles. The van der Waals surface area contributed by atoms with Crippen LogP contribution in [-0.4, -0.2) is 55.5 Å². The maximum atomic E-state index is 13.1. The van der Waals surface area contributed by atoms with E-state index >= 15 is 0 Å². The second-order valence-corrected chi connectivity index (χ2v) is 5.22. The zero-order valence-corrected chi connectivity index (χ0v) is 12.4. The van der Waals surface area contributed by atoms with Gasteiger partial charge in [-0.1, -0.05) is 0 Å². The molecule has 20 heavy (non-hydrogen) atoms. The highest BCUT2D eigenvalue weighted by Gasteiger charge is 2.06. The van der Waals surface area contributed by atoms with Crippen LogP contribution in [0.4, 0.5) is 4.39 Å². The molecule has 1 heterocycles. The third-order valence-electron chi connectivity index (χ3n) is 3.16. The molecule has 0 aliphatic rings. The molecular formula is C15H21FN4. The van der Waals surface area contributed by atoms with Crippen molar-refractivity contribution in [3.05, 3.63) is 35.8 Å². The number of fused-ring (bicyclic) bond motifs is 1. The third-order valence-corrected chi connectivity index (χ3v) is 3.16. The Morgan fingerprint density at radius 3 is 2.55 bits per heavy atom. The van der Waals surface area contributed by atoms with Crippen molar-refractivity contribution in [1.29, 1.82) is 0 Å². The van der Waals surface area contributed by atoms with Crippen LogP contribution in [0.15, 0.2) is 29.4 Å². The number of nitrogens with zero attached hydrogens (tertiary/aromatic N) is 3. The van der Waals surface area contributed by atoms with Gasteiger partial charge in [-0.15, -0.1) is 0 Å². The Hall–Kier alpha value is -2.04. The van der Waals surface area contributed by atoms with Crippen molar-refractivity contribution in [2.75, 3.05) is 34.7 Å². The highest BCUT2D eigenvalue weighted by molar-refractivity contribution is 5.83. The Kier molecular flexibility index (Phi) is 4.27. The van der Waals surface area contributed by atoms with Gasteiger partial charge in [0.2, 0.25) is 0 Å². The average Bonchev–Trinajstić information content (AvgIpc) is 2.76. The predicted octanol–water partition coefficient (Wildman–Crippen LogP) is 2.33. The number of aromatic nitrogens is 1. The van der Waals surface area contributed by atoms with E-state index in [1.54, 1.807) is 0 Å². The zero-order valence-electron chi connectivity index (χ0n) is 12.4. The molecule has 0 fully saturated rings. The van der Waals surface area contributed by atoms with Crippen molar-refractivity contribution in [3.8, 4) is 0 Å². The molecule has 1 aromatic heterocycles. The largest absolute Gasteiger partial charge is 0.361 e. The third kappa shape index (κ3) is 3.10. The van der Waals surface area contributed by atoms with Crippen LogP contribution in [0.5, 0.6) is 0 Å². The molecule has 2 rings (SSSR count). The summed E-state index contributed by atoms with van der Waals surface area (Å²) in [6, 6.07) is 4.83. The summed E-state index contributed by atoms with van der Waals surface area (Å²) >= 11 is 0. The standard InChI is InChI=1S/C15H21FN4/c1-19(2)15(20(3)4)17-8-7-11-10-18-14-9-12(16)5-6-13(11)14/h5-6,9-10,18H,7-8H2,1-4H3. The molecule has 0 radical (unpaired) electrons. The summed E-state index contributed by atoms with van der Waals surface area (Å²) in [6.45, 7) is 0.704. The van der Waals surface area contributed by atoms with Crippen LogP contribution in [-0.2, 0) is 6.42 Å². The normalized spacial score (nSPS) is 10.7. The molecule has 2 aromatic rings. The van der Waals surface area contributed by atoms with Crippen molar-refractivity contribution in [1.82, 2.24) is 14.8 Å². The summed E-state index contributed by atoms with van der Waals surface area (Å²) in [7, 11) is 7.92. The fraction of sp³-hybridized carbons (Fsp3) is 0.400. The molecule has 0 bridgehead atoms. The van der Waals surface area contributed by atoms with E-state index in [0.717, 1.165) is 23.3 Å². The number of aliphatic imine (C=N–C) groups is 1. The Balaban J connectivity index is 2.11. The maximum absolute atomic E-state index is 13.1. The van der Waals surface area contributed by atoms with Gasteiger partial charge >= 0.3 is 0 Å². The molecule has 0 saturated heterocycles. The molecule has 1 N–H and O–H groups in total. The van der Waals surface area contributed by atoms with E-state index in [9.17, 15) is 4.39 Å². The first kappa shape index (κ1) is 14.4. The Labute approximate surface area is 118 Å². The lowest BCUT2D eigenvalue weighted by atomic mass is 10.1. The van der Waals surface area contributed by atoms with Gasteiger partial charge < -0.3 is 14.8 Å². The van der Waals surface area contributed by atoms with E-state index in [-0.39, 0.29) is 5.82 Å². The lowest BCUT2D eigenvalue weighted by molar-refractivity contribution is 0.479. The zero-order chi connectivity index (χ0) is 14.7. The van der Waals surface area contributed by atoms with Crippen molar-refractivity contribution >= 4 is 16.9 Å². The van der Waals surface area contributed by atoms with Crippen LogP contribution in [0.25, 0.3) is 10.9 Å². The second kappa shape index (κ2) is 5.94. The van der Waals surface area contributed by atoms with Crippen molar-refractivity contribution in [2.45, 2.75) is 6.42 Å². The second-order valence-electron chi connectivity index (χ2n) is 5.22. The minimum Gasteiger partial charge on any atom is -0.361 e. The van der Waals surface area contributed by atoms with Gasteiger partial charge in [-0.3, -0.25) is 4.99 Å². The first-order valence-corrected chi connectivity index (χ1v) is 6.63. The molecule has 0 spiro atoms. The monoisotopic (exact) mass is 276 g/mol. The molecule has 0 atom stereocenters. The summed E-state index contributed by atoms with van der Waals surface area (Å²) in [5.41, 5.74) is 2.00. The van der Waals surface area contributed by atoms with Gasteiger partial charge in [0, 0.05) is 51.8 Å². The summed E-state index contributed by atoms with van der Waals surface area (Å²) < 4.78 is 13.1. The van der Waals surface area contributed by atoms with Crippen molar-refractivity contribution in [3.63, 3.8) is 0 Å². The highest BCUT2D eigenvalue weighted by atomic mass is 19.1. The minimum atomic E-state index is -0.216. The van der Waals surface area contributed by atoms with Gasteiger partial charge in [-0.2, -0.15) is 0 Å². The number of aromatic amines is 1. The average molecular weight is 276 g/mol. The van der Waals surface area contributed by atoms with Crippen LogP contribution < -0.4 is 0 Å². The Morgan fingerprint density at radius 1 is 1.20 bits per heavy atom. The topological polar surface area (TPSA) is 34.6 Å². The summed E-state index contributed by atoms with van der Waals surface area (Å²) in [5, 5.41) is 1.07. The van der Waals surface area contributed by atoms with Crippen LogP contribution in [0.3, 0.4) is 0 Å². The lowest BCUT2D eigenvalue weighted by Gasteiger charge is -2.22. The number of rotatable bonds is 3. The van der Waals surface area contributed by atoms with E-state index in [2.05, 4.69) is 9.98 Å². The van der Waals surface area contributed by atoms with E-state index in [1.807, 2.05) is 50.3 Å². The van der Waals surface area contributed by atoms with Crippen LogP contribution in [0, 0.1) is 5.82 Å². The number of hydrogen-bond donors (Lipinski definition) is 1. The number of H-pyrrole nitrogens is 1. The molecule has 5 heteroatoms. The lowest BCUT2D eigenvalue weighted by Crippen LogP contribution is -2.35. The van der Waals surface area contributed by atoms with Gasteiger partial charge in [0.1, 0.15) is 5.82 Å². The molecule has 0 aliphatic carbocycles. The van der Waals surface area contributed by atoms with E-state index in [1.165, 1.54) is 17.7 Å². The summed E-state index contributed by atoms with van der Waals surface area (Å²) in [6.07, 6.45) is 2.77. The van der Waals surface area contributed by atoms with Gasteiger partial charge in [0.15, 0.2) is 5.96 Å². The van der Waals surface area contributed by atoms with E-state index < -0.39 is 0 Å². The van der Waals surface area contributed by atoms with Crippen LogP contribution in [0.2, 0.25) is 0 Å². The first-order valence-electron chi connectivity index (χ1n) is 6.63. The van der Waals surface area contributed by atoms with E-state index in [4.69, 9.17) is 0 Å². The molecule has 0 amide bonds. The molecular weight excluding hydrogens is 255 g/mol. The number of guanidine groups is 1. The Morgan fingerprint density at radius 2 is 1.90 bits per heavy atom. The smallest absolute Gasteiger partial charge is 0.195 e. The van der Waals surface area contributed by atoms with Gasteiger partial charge in [0.05, 0.1) is 0 Å². The van der Waals surface area contributed by atoms with Crippen molar-refractivity contribution < 1.29 is 4.39 Å². The molecule has 0 saturated carbocycles. The highest BCUT2D eigenvalue weighted by Crippen LogP contribution is 2.19. The molecule has 108 valence electrons. The van der Waals surface area contributed by atoms with E-state index in [0.29, 0.717) is 6.54 Å². The van der Waals surface area contributed by atoms with Crippen LogP contribution >= 0.6 is 0 Å². The SMILES string of the molecule is CN(C)C(=NCCc1c[nH]c2cc(F)ccc12)N(C)C. The number of hydrogen-bond acceptors (Lipinski definition) is 1. The number of benzene rings is 1.